The van der Waals surface area contributed by atoms with Gasteiger partial charge < -0.3 is 15.3 Å². The van der Waals surface area contributed by atoms with Gasteiger partial charge in [-0.1, -0.05) is 0 Å². The van der Waals surface area contributed by atoms with Crippen LogP contribution in [-0.2, 0) is 0 Å². The molecule has 0 bridgehead atoms. The van der Waals surface area contributed by atoms with Crippen LogP contribution in [0.15, 0.2) is 0 Å². The number of hydrogen-bond donors (Lipinski definition) is 2. The summed E-state index contributed by atoms with van der Waals surface area (Å²) in [6.07, 6.45) is -0.710. The molecule has 0 radical (unpaired) electrons. The lowest BCUT2D eigenvalue weighted by atomic mass is 9.97. The minimum Gasteiger partial charge on any atom is -0.394 e. The first-order valence-corrected chi connectivity index (χ1v) is 5.20. The van der Waals surface area contributed by atoms with Gasteiger partial charge >= 0.3 is 0 Å². The van der Waals surface area contributed by atoms with Crippen molar-refractivity contribution in [2.24, 2.45) is 0 Å². The molecule has 0 aromatic carbocycles. The summed E-state index contributed by atoms with van der Waals surface area (Å²) in [5.74, 6) is 0. The highest BCUT2D eigenvalue weighted by atomic mass is 19.3. The summed E-state index contributed by atoms with van der Waals surface area (Å²) in [7, 11) is 3.47. The van der Waals surface area contributed by atoms with Crippen LogP contribution in [0.25, 0.3) is 0 Å². The van der Waals surface area contributed by atoms with Crippen molar-refractivity contribution in [3.63, 3.8) is 0 Å². The lowest BCUT2D eigenvalue weighted by Gasteiger charge is -2.27. The summed E-state index contributed by atoms with van der Waals surface area (Å²) in [6, 6.07) is 0. The van der Waals surface area contributed by atoms with Gasteiger partial charge in [0.2, 0.25) is 0 Å². The van der Waals surface area contributed by atoms with Crippen molar-refractivity contribution >= 4 is 0 Å². The molecule has 0 heterocycles. The predicted octanol–water partition coefficient (Wildman–Crippen LogP) is 0.934. The van der Waals surface area contributed by atoms with E-state index in [1.807, 2.05) is 6.92 Å². The molecule has 0 spiro atoms. The van der Waals surface area contributed by atoms with Gasteiger partial charge in [-0.05, 0) is 40.4 Å². The van der Waals surface area contributed by atoms with Crippen LogP contribution in [0, 0.1) is 0 Å². The SMILES string of the molecule is CNC(C)(CO)CCCN(C)CC(F)F. The van der Waals surface area contributed by atoms with E-state index in [2.05, 4.69) is 5.32 Å². The van der Waals surface area contributed by atoms with Crippen molar-refractivity contribution in [1.29, 1.82) is 0 Å². The van der Waals surface area contributed by atoms with Crippen LogP contribution >= 0.6 is 0 Å². The maximum Gasteiger partial charge on any atom is 0.251 e. The lowest BCUT2D eigenvalue weighted by molar-refractivity contribution is 0.0967. The number of hydrogen-bond acceptors (Lipinski definition) is 3. The van der Waals surface area contributed by atoms with Crippen molar-refractivity contribution in [2.75, 3.05) is 33.8 Å². The van der Waals surface area contributed by atoms with Gasteiger partial charge in [0.25, 0.3) is 6.43 Å². The second-order valence-electron chi connectivity index (χ2n) is 4.23. The first kappa shape index (κ1) is 14.7. The van der Waals surface area contributed by atoms with Gasteiger partial charge in [-0.2, -0.15) is 0 Å². The fourth-order valence-electron chi connectivity index (χ4n) is 1.35. The highest BCUT2D eigenvalue weighted by Gasteiger charge is 2.20. The van der Waals surface area contributed by atoms with Gasteiger partial charge in [0.15, 0.2) is 0 Å². The van der Waals surface area contributed by atoms with Crippen molar-refractivity contribution in [3.05, 3.63) is 0 Å². The van der Waals surface area contributed by atoms with Crippen LogP contribution in [0.5, 0.6) is 0 Å². The Labute approximate surface area is 90.5 Å². The highest BCUT2D eigenvalue weighted by molar-refractivity contribution is 4.80. The maximum atomic E-state index is 12.0. The first-order valence-electron chi connectivity index (χ1n) is 5.20. The Kier molecular flexibility index (Phi) is 6.96. The Morgan fingerprint density at radius 2 is 2.07 bits per heavy atom. The van der Waals surface area contributed by atoms with Gasteiger partial charge in [0, 0.05) is 5.54 Å². The van der Waals surface area contributed by atoms with Crippen molar-refractivity contribution in [1.82, 2.24) is 10.2 Å². The van der Waals surface area contributed by atoms with Crippen LogP contribution in [0.2, 0.25) is 0 Å². The molecule has 15 heavy (non-hydrogen) atoms. The Bertz CT molecular complexity index is 164. The molecular formula is C10H22F2N2O. The quantitative estimate of drug-likeness (QED) is 0.644. The number of rotatable bonds is 8. The van der Waals surface area contributed by atoms with Crippen LogP contribution < -0.4 is 5.32 Å². The van der Waals surface area contributed by atoms with Crippen LogP contribution in [-0.4, -0.2) is 55.8 Å². The van der Waals surface area contributed by atoms with Crippen molar-refractivity contribution in [3.8, 4) is 0 Å². The van der Waals surface area contributed by atoms with E-state index in [-0.39, 0.29) is 18.7 Å². The third kappa shape index (κ3) is 6.76. The van der Waals surface area contributed by atoms with Gasteiger partial charge in [-0.25, -0.2) is 8.78 Å². The van der Waals surface area contributed by atoms with E-state index in [9.17, 15) is 8.78 Å². The Morgan fingerprint density at radius 3 is 2.47 bits per heavy atom. The molecule has 0 saturated carbocycles. The second kappa shape index (κ2) is 7.09. The molecule has 92 valence electrons. The smallest absolute Gasteiger partial charge is 0.251 e. The molecule has 2 N–H and O–H groups in total. The molecule has 0 aromatic rings. The lowest BCUT2D eigenvalue weighted by Crippen LogP contribution is -2.43. The molecule has 5 heteroatoms. The van der Waals surface area contributed by atoms with Gasteiger partial charge in [-0.3, -0.25) is 0 Å². The molecular weight excluding hydrogens is 202 g/mol. The van der Waals surface area contributed by atoms with E-state index in [0.29, 0.717) is 6.54 Å². The van der Waals surface area contributed by atoms with Crippen molar-refractivity contribution in [2.45, 2.75) is 31.7 Å². The minimum atomic E-state index is -2.27. The number of aliphatic hydroxyl groups excluding tert-OH is 1. The average Bonchev–Trinajstić information content (AvgIpc) is 2.16. The zero-order chi connectivity index (χ0) is 11.9. The minimum absolute atomic E-state index is 0.0576. The standard InChI is InChI=1S/C10H22F2N2O/c1-10(8-15,13-2)5-4-6-14(3)7-9(11)12/h9,13,15H,4-8H2,1-3H3. The maximum absolute atomic E-state index is 12.0. The summed E-state index contributed by atoms with van der Waals surface area (Å²) in [4.78, 5) is 1.61. The number of aliphatic hydroxyl groups is 1. The molecule has 0 saturated heterocycles. The molecule has 0 rings (SSSR count). The Balaban J connectivity index is 3.68. The zero-order valence-corrected chi connectivity index (χ0v) is 9.76. The molecule has 0 amide bonds. The molecule has 0 aliphatic carbocycles. The third-order valence-electron chi connectivity index (χ3n) is 2.67. The zero-order valence-electron chi connectivity index (χ0n) is 9.76. The highest BCUT2D eigenvalue weighted by Crippen LogP contribution is 2.11. The average molecular weight is 224 g/mol. The molecule has 1 unspecified atom stereocenters. The number of alkyl halides is 2. The second-order valence-corrected chi connectivity index (χ2v) is 4.23. The van der Waals surface area contributed by atoms with Gasteiger partial charge in [0.1, 0.15) is 0 Å². The fourth-order valence-corrected chi connectivity index (χ4v) is 1.35. The number of likely N-dealkylation sites (N-methyl/N-ethyl adjacent to an activating group) is 1. The molecule has 1 atom stereocenters. The number of nitrogens with zero attached hydrogens (tertiary/aromatic N) is 1. The van der Waals surface area contributed by atoms with E-state index in [1.165, 1.54) is 0 Å². The monoisotopic (exact) mass is 224 g/mol. The molecule has 0 aliphatic heterocycles. The Hall–Kier alpha value is -0.260. The fraction of sp³-hybridized carbons (Fsp3) is 1.00. The molecule has 0 aliphatic rings. The Morgan fingerprint density at radius 1 is 1.47 bits per heavy atom. The van der Waals surface area contributed by atoms with Gasteiger partial charge in [0.05, 0.1) is 13.2 Å². The normalized spacial score (nSPS) is 16.0. The number of nitrogens with one attached hydrogen (secondary N) is 1. The predicted molar refractivity (Wildman–Crippen MR) is 57.3 cm³/mol. The van der Waals surface area contributed by atoms with E-state index < -0.39 is 6.43 Å². The van der Waals surface area contributed by atoms with Crippen LogP contribution in [0.1, 0.15) is 19.8 Å². The van der Waals surface area contributed by atoms with Gasteiger partial charge in [-0.15, -0.1) is 0 Å². The largest absolute Gasteiger partial charge is 0.394 e. The molecule has 3 nitrogen and oxygen atoms in total. The number of halogens is 2. The van der Waals surface area contributed by atoms with Crippen LogP contribution in [0.3, 0.4) is 0 Å². The van der Waals surface area contributed by atoms with Crippen molar-refractivity contribution < 1.29 is 13.9 Å². The third-order valence-corrected chi connectivity index (χ3v) is 2.67. The summed E-state index contributed by atoms with van der Waals surface area (Å²) >= 11 is 0. The van der Waals surface area contributed by atoms with E-state index in [1.54, 1.807) is 19.0 Å². The summed E-state index contributed by atoms with van der Waals surface area (Å²) in [6.45, 7) is 2.42. The summed E-state index contributed by atoms with van der Waals surface area (Å²) in [5, 5.41) is 12.1. The van der Waals surface area contributed by atoms with Crippen LogP contribution in [0.4, 0.5) is 8.78 Å². The molecule has 0 aromatic heterocycles. The van der Waals surface area contributed by atoms with E-state index in [4.69, 9.17) is 5.11 Å². The van der Waals surface area contributed by atoms with E-state index in [0.717, 1.165) is 12.8 Å². The summed E-state index contributed by atoms with van der Waals surface area (Å²) < 4.78 is 24.0. The molecule has 0 fully saturated rings. The topological polar surface area (TPSA) is 35.5 Å². The summed E-state index contributed by atoms with van der Waals surface area (Å²) in [5.41, 5.74) is -0.300. The van der Waals surface area contributed by atoms with E-state index >= 15 is 0 Å². The first-order chi connectivity index (χ1) is 6.93.